The lowest BCUT2D eigenvalue weighted by Gasteiger charge is -2.52. The molecule has 21 heavy (non-hydrogen) atoms. The van der Waals surface area contributed by atoms with Gasteiger partial charge in [-0.15, -0.1) is 0 Å². The molecular formula is C16H25NO4. The minimum atomic E-state index is -0.595. The Kier molecular flexibility index (Phi) is 4.40. The number of nitrogens with zero attached hydrogens (tertiary/aromatic N) is 1. The van der Waals surface area contributed by atoms with Crippen LogP contribution in [-0.4, -0.2) is 34.8 Å². The highest BCUT2D eigenvalue weighted by molar-refractivity contribution is 6.02. The first-order chi connectivity index (χ1) is 9.82. The summed E-state index contributed by atoms with van der Waals surface area (Å²) in [5.74, 6) is -0.884. The molecule has 0 aromatic heterocycles. The van der Waals surface area contributed by atoms with Gasteiger partial charge in [0.1, 0.15) is 0 Å². The van der Waals surface area contributed by atoms with Crippen LogP contribution in [0.25, 0.3) is 0 Å². The summed E-state index contributed by atoms with van der Waals surface area (Å²) in [7, 11) is 0. The van der Waals surface area contributed by atoms with Crippen LogP contribution in [0.15, 0.2) is 0 Å². The summed E-state index contributed by atoms with van der Waals surface area (Å²) >= 11 is 0. The van der Waals surface area contributed by atoms with E-state index in [1.165, 1.54) is 4.90 Å². The van der Waals surface area contributed by atoms with Gasteiger partial charge in [0.25, 0.3) is 5.91 Å². The first-order valence-electron chi connectivity index (χ1n) is 7.85. The molecule has 1 saturated carbocycles. The molecule has 0 radical (unpaired) electrons. The van der Waals surface area contributed by atoms with Crippen molar-refractivity contribution in [2.24, 2.45) is 5.41 Å². The fourth-order valence-corrected chi connectivity index (χ4v) is 3.16. The summed E-state index contributed by atoms with van der Waals surface area (Å²) < 4.78 is 5.12. The summed E-state index contributed by atoms with van der Waals surface area (Å²) in [5.41, 5.74) is -0.874. The van der Waals surface area contributed by atoms with Crippen LogP contribution < -0.4 is 0 Å². The Balaban J connectivity index is 1.94. The standard InChI is InChI=1S/C16H25NO4/c1-4-15(2,3)14(20)21-11-13(19)17-12(18)10-16(17)8-6-5-7-9-16/h4-11H2,1-3H3. The van der Waals surface area contributed by atoms with E-state index in [1.807, 2.05) is 6.92 Å². The van der Waals surface area contributed by atoms with Gasteiger partial charge in [-0.1, -0.05) is 26.2 Å². The van der Waals surface area contributed by atoms with Crippen LogP contribution in [0, 0.1) is 5.41 Å². The van der Waals surface area contributed by atoms with Gasteiger partial charge in [-0.05, 0) is 33.1 Å². The first kappa shape index (κ1) is 16.0. The van der Waals surface area contributed by atoms with E-state index in [0.717, 1.165) is 32.1 Å². The fraction of sp³-hybridized carbons (Fsp3) is 0.812. The van der Waals surface area contributed by atoms with Gasteiger partial charge in [0.05, 0.1) is 17.4 Å². The molecular weight excluding hydrogens is 270 g/mol. The Morgan fingerprint density at radius 1 is 1.24 bits per heavy atom. The number of likely N-dealkylation sites (tertiary alicyclic amines) is 1. The van der Waals surface area contributed by atoms with Gasteiger partial charge in [0.2, 0.25) is 5.91 Å². The van der Waals surface area contributed by atoms with Crippen LogP contribution in [0.3, 0.4) is 0 Å². The third-order valence-corrected chi connectivity index (χ3v) is 5.00. The van der Waals surface area contributed by atoms with Crippen molar-refractivity contribution >= 4 is 17.8 Å². The summed E-state index contributed by atoms with van der Waals surface area (Å²) in [4.78, 5) is 37.3. The van der Waals surface area contributed by atoms with Crippen LogP contribution in [-0.2, 0) is 19.1 Å². The summed E-state index contributed by atoms with van der Waals surface area (Å²) in [6.45, 7) is 5.16. The highest BCUT2D eigenvalue weighted by atomic mass is 16.5. The quantitative estimate of drug-likeness (QED) is 0.590. The Hall–Kier alpha value is -1.39. The number of esters is 1. The molecule has 0 aromatic carbocycles. The monoisotopic (exact) mass is 295 g/mol. The summed E-state index contributed by atoms with van der Waals surface area (Å²) in [6, 6.07) is 0. The first-order valence-corrected chi connectivity index (χ1v) is 7.85. The second kappa shape index (κ2) is 5.78. The van der Waals surface area contributed by atoms with Crippen LogP contribution in [0.4, 0.5) is 0 Å². The molecule has 0 atom stereocenters. The zero-order valence-electron chi connectivity index (χ0n) is 13.2. The molecule has 1 aliphatic heterocycles. The van der Waals surface area contributed by atoms with Crippen molar-refractivity contribution in [1.82, 2.24) is 4.90 Å². The SMILES string of the molecule is CCC(C)(C)C(=O)OCC(=O)N1C(=O)CC12CCCCC2. The normalized spacial score (nSPS) is 21.1. The molecule has 0 unspecified atom stereocenters. The zero-order chi connectivity index (χ0) is 15.7. The van der Waals surface area contributed by atoms with Gasteiger partial charge in [0, 0.05) is 0 Å². The summed E-state index contributed by atoms with van der Waals surface area (Å²) in [6.07, 6.45) is 6.16. The van der Waals surface area contributed by atoms with Crippen LogP contribution >= 0.6 is 0 Å². The maximum absolute atomic E-state index is 12.3. The molecule has 1 aliphatic carbocycles. The van der Waals surface area contributed by atoms with Gasteiger partial charge >= 0.3 is 5.97 Å². The van der Waals surface area contributed by atoms with Crippen molar-refractivity contribution in [2.45, 2.75) is 71.3 Å². The summed E-state index contributed by atoms with van der Waals surface area (Å²) in [5, 5.41) is 0. The number of rotatable bonds is 4. The van der Waals surface area contributed by atoms with Crippen LogP contribution in [0.5, 0.6) is 0 Å². The predicted octanol–water partition coefficient (Wildman–Crippen LogP) is 2.43. The second-order valence-electron chi connectivity index (χ2n) is 6.90. The number of carbonyl (C=O) groups is 3. The van der Waals surface area contributed by atoms with Crippen molar-refractivity contribution < 1.29 is 19.1 Å². The lowest BCUT2D eigenvalue weighted by atomic mass is 9.72. The molecule has 0 aromatic rings. The Bertz CT molecular complexity index is 449. The molecule has 1 saturated heterocycles. The predicted molar refractivity (Wildman–Crippen MR) is 77.3 cm³/mol. The molecule has 0 bridgehead atoms. The maximum atomic E-state index is 12.3. The smallest absolute Gasteiger partial charge is 0.312 e. The zero-order valence-corrected chi connectivity index (χ0v) is 13.2. The minimum absolute atomic E-state index is 0.132. The molecule has 0 N–H and O–H groups in total. The number of amides is 2. The van der Waals surface area contributed by atoms with Crippen LogP contribution in [0.1, 0.15) is 65.7 Å². The topological polar surface area (TPSA) is 63.7 Å². The molecule has 2 fully saturated rings. The van der Waals surface area contributed by atoms with Gasteiger partial charge in [-0.3, -0.25) is 19.3 Å². The number of β-lactam (4-membered cyclic amide) rings is 1. The number of imide groups is 1. The molecule has 2 rings (SSSR count). The molecule has 1 spiro atoms. The number of hydrogen-bond donors (Lipinski definition) is 0. The molecule has 2 amide bonds. The average molecular weight is 295 g/mol. The highest BCUT2D eigenvalue weighted by Crippen LogP contribution is 2.43. The van der Waals surface area contributed by atoms with Gasteiger partial charge in [0.15, 0.2) is 6.61 Å². The largest absolute Gasteiger partial charge is 0.455 e. The average Bonchev–Trinajstić information content (AvgIpc) is 2.45. The molecule has 5 nitrogen and oxygen atoms in total. The lowest BCUT2D eigenvalue weighted by molar-refractivity contribution is -0.177. The molecule has 2 aliphatic rings. The maximum Gasteiger partial charge on any atom is 0.312 e. The van der Waals surface area contributed by atoms with E-state index >= 15 is 0 Å². The van der Waals surface area contributed by atoms with E-state index in [4.69, 9.17) is 4.74 Å². The van der Waals surface area contributed by atoms with Gasteiger partial charge in [-0.25, -0.2) is 0 Å². The highest BCUT2D eigenvalue weighted by Gasteiger charge is 2.54. The van der Waals surface area contributed by atoms with Crippen molar-refractivity contribution in [3.63, 3.8) is 0 Å². The van der Waals surface area contributed by atoms with Crippen molar-refractivity contribution in [3.05, 3.63) is 0 Å². The van der Waals surface area contributed by atoms with Gasteiger partial charge < -0.3 is 4.74 Å². The van der Waals surface area contributed by atoms with Gasteiger partial charge in [-0.2, -0.15) is 0 Å². The van der Waals surface area contributed by atoms with E-state index in [0.29, 0.717) is 12.8 Å². The Morgan fingerprint density at radius 2 is 1.86 bits per heavy atom. The van der Waals surface area contributed by atoms with Crippen molar-refractivity contribution in [2.75, 3.05) is 6.61 Å². The molecule has 1 heterocycles. The Morgan fingerprint density at radius 3 is 2.38 bits per heavy atom. The molecule has 118 valence electrons. The van der Waals surface area contributed by atoms with E-state index in [1.54, 1.807) is 13.8 Å². The van der Waals surface area contributed by atoms with Crippen molar-refractivity contribution in [1.29, 1.82) is 0 Å². The van der Waals surface area contributed by atoms with E-state index < -0.39 is 5.41 Å². The second-order valence-corrected chi connectivity index (χ2v) is 6.90. The number of ether oxygens (including phenoxy) is 1. The Labute approximate surface area is 126 Å². The van der Waals surface area contributed by atoms with Crippen LogP contribution in [0.2, 0.25) is 0 Å². The van der Waals surface area contributed by atoms with E-state index in [2.05, 4.69) is 0 Å². The third kappa shape index (κ3) is 2.97. The number of carbonyl (C=O) groups excluding carboxylic acids is 3. The lowest BCUT2D eigenvalue weighted by Crippen LogP contribution is -2.67. The molecule has 5 heteroatoms. The fourth-order valence-electron chi connectivity index (χ4n) is 3.16. The van der Waals surface area contributed by atoms with E-state index in [-0.39, 0.29) is 29.9 Å². The third-order valence-electron chi connectivity index (χ3n) is 5.00. The number of hydrogen-bond acceptors (Lipinski definition) is 4. The van der Waals surface area contributed by atoms with Crippen molar-refractivity contribution in [3.8, 4) is 0 Å². The van der Waals surface area contributed by atoms with E-state index in [9.17, 15) is 14.4 Å². The minimum Gasteiger partial charge on any atom is -0.455 e.